The van der Waals surface area contributed by atoms with Crippen LogP contribution in [0.25, 0.3) is 0 Å². The number of aromatic nitrogens is 1. The van der Waals surface area contributed by atoms with Crippen LogP contribution in [0.5, 0.6) is 0 Å². The van der Waals surface area contributed by atoms with E-state index in [9.17, 15) is 4.79 Å². The van der Waals surface area contributed by atoms with E-state index in [-0.39, 0.29) is 4.77 Å². The minimum Gasteiger partial charge on any atom is -0.319 e. The number of anilines is 1. The molecule has 1 amide bonds. The molecule has 1 aromatic heterocycles. The minimum atomic E-state index is 0.0796. The Bertz CT molecular complexity index is 249. The first-order chi connectivity index (χ1) is 4.68. The van der Waals surface area contributed by atoms with Gasteiger partial charge < -0.3 is 5.32 Å². The van der Waals surface area contributed by atoms with Gasteiger partial charge in [0.2, 0.25) is 0 Å². The van der Waals surface area contributed by atoms with E-state index in [0.717, 1.165) is 26.0 Å². The molecule has 1 aromatic rings. The fourth-order valence-corrected chi connectivity index (χ4v) is 2.45. The average Bonchev–Trinajstić information content (AvgIpc) is 2.13. The molecule has 0 aromatic carbocycles. The van der Waals surface area contributed by atoms with E-state index in [1.165, 1.54) is 11.3 Å². The van der Waals surface area contributed by atoms with Crippen LogP contribution < -0.4 is 9.87 Å². The van der Waals surface area contributed by atoms with Gasteiger partial charge in [0.1, 0.15) is 4.77 Å². The monoisotopic (exact) mass is 184 g/mol. The Morgan fingerprint density at radius 1 is 1.80 bits per heavy atom. The lowest BCUT2D eigenvalue weighted by Crippen LogP contribution is -2.10. The quantitative estimate of drug-likeness (QED) is 0.543. The molecule has 1 rings (SSSR count). The summed E-state index contributed by atoms with van der Waals surface area (Å²) in [5, 5.41) is 5.39. The first-order valence-corrected chi connectivity index (χ1v) is 5.76. The number of rotatable bonds is 1. The van der Waals surface area contributed by atoms with E-state index in [2.05, 4.69) is 10.3 Å². The molecular formula is C4H6Al2N2OS. The summed E-state index contributed by atoms with van der Waals surface area (Å²) < 4.78 is 1.17. The molecule has 0 fully saturated rings. The number of hydrogen-bond acceptors (Lipinski definition) is 3. The van der Waals surface area contributed by atoms with Crippen molar-refractivity contribution in [2.45, 2.75) is 0 Å². The summed E-state index contributed by atoms with van der Waals surface area (Å²) in [6.07, 6.45) is 0. The normalized spacial score (nSPS) is 9.20. The Hall–Kier alpha value is 0.165. The number of hydrogen-bond donors (Lipinski definition) is 1. The largest absolute Gasteiger partial charge is 0.355 e. The van der Waals surface area contributed by atoms with E-state index in [1.54, 1.807) is 0 Å². The molecule has 50 valence electrons. The van der Waals surface area contributed by atoms with Crippen LogP contribution in [0, 0.1) is 0 Å². The highest BCUT2D eigenvalue weighted by molar-refractivity contribution is 7.14. The van der Waals surface area contributed by atoms with Gasteiger partial charge in [-0.1, -0.05) is 0 Å². The average molecular weight is 184 g/mol. The standard InChI is InChI=1S/C4H2N2OS.2Al.4H/c7-3-6-4-5-1-2-8-4;;;;;;/h2H,(H,5,6,7);;;;;;. The van der Waals surface area contributed by atoms with Gasteiger partial charge in [0.25, 0.3) is 16.3 Å². The van der Waals surface area contributed by atoms with Crippen molar-refractivity contribution in [1.29, 1.82) is 0 Å². The van der Waals surface area contributed by atoms with E-state index >= 15 is 0 Å². The molecular weight excluding hydrogens is 178 g/mol. The van der Waals surface area contributed by atoms with Crippen molar-refractivity contribution in [3.8, 4) is 0 Å². The fraction of sp³-hybridized carbons (Fsp3) is 0. The lowest BCUT2D eigenvalue weighted by Gasteiger charge is -1.92. The van der Waals surface area contributed by atoms with Crippen LogP contribution >= 0.6 is 11.3 Å². The van der Waals surface area contributed by atoms with Crippen molar-refractivity contribution < 1.29 is 4.79 Å². The summed E-state index contributed by atoms with van der Waals surface area (Å²) in [7, 11) is 0. The molecule has 0 radical (unpaired) electrons. The highest BCUT2D eigenvalue weighted by Gasteiger charge is 1.97. The summed E-state index contributed by atoms with van der Waals surface area (Å²) >= 11 is 2.99. The molecule has 0 aliphatic carbocycles. The predicted octanol–water partition coefficient (Wildman–Crippen LogP) is -1.43. The van der Waals surface area contributed by atoms with Crippen molar-refractivity contribution >= 4 is 58.4 Å². The summed E-state index contributed by atoms with van der Waals surface area (Å²) in [6, 6.07) is 0. The van der Waals surface area contributed by atoms with Crippen molar-refractivity contribution in [1.82, 2.24) is 4.98 Å². The molecule has 0 saturated heterocycles. The number of thiazole rings is 1. The van der Waals surface area contributed by atoms with Crippen LogP contribution in [0.15, 0.2) is 5.38 Å². The smallest absolute Gasteiger partial charge is 0.319 e. The van der Waals surface area contributed by atoms with Crippen LogP contribution in [-0.4, -0.2) is 42.3 Å². The lowest BCUT2D eigenvalue weighted by molar-refractivity contribution is 0.269. The molecule has 3 nitrogen and oxygen atoms in total. The van der Waals surface area contributed by atoms with Gasteiger partial charge >= 0.3 is 16.3 Å². The fourth-order valence-electron chi connectivity index (χ4n) is 0.562. The van der Waals surface area contributed by atoms with Gasteiger partial charge in [0.05, 0.1) is 0 Å². The molecule has 0 aliphatic rings. The van der Waals surface area contributed by atoms with Crippen LogP contribution in [0.2, 0.25) is 0 Å². The van der Waals surface area contributed by atoms with Gasteiger partial charge in [-0.15, -0.1) is 11.3 Å². The number of carbonyl (C=O) groups excluding carboxylic acids is 1. The summed E-state index contributed by atoms with van der Waals surface area (Å²) in [4.78, 5) is 14.7. The van der Waals surface area contributed by atoms with Gasteiger partial charge in [-0.2, -0.15) is 0 Å². The number of amides is 1. The van der Waals surface area contributed by atoms with Crippen molar-refractivity contribution in [2.75, 3.05) is 5.32 Å². The second kappa shape index (κ2) is 3.53. The molecule has 0 saturated carbocycles. The zero-order chi connectivity index (χ0) is 7.56. The highest BCUT2D eigenvalue weighted by Crippen LogP contribution is 2.07. The zero-order valence-corrected chi connectivity index (χ0v) is 10.7. The maximum atomic E-state index is 10.6. The van der Waals surface area contributed by atoms with Gasteiger partial charge in [-0.05, 0) is 9.94 Å². The van der Waals surface area contributed by atoms with Crippen LogP contribution in [0.1, 0.15) is 0 Å². The van der Waals surface area contributed by atoms with Gasteiger partial charge in [-0.3, -0.25) is 4.79 Å². The second-order valence-corrected chi connectivity index (χ2v) is 4.77. The van der Waals surface area contributed by atoms with Gasteiger partial charge in [0.15, 0.2) is 5.13 Å². The van der Waals surface area contributed by atoms with Crippen LogP contribution in [-0.2, 0) is 0 Å². The maximum absolute atomic E-state index is 10.6. The molecule has 0 aliphatic heterocycles. The van der Waals surface area contributed by atoms with E-state index < -0.39 is 0 Å². The maximum Gasteiger partial charge on any atom is 0.355 e. The third kappa shape index (κ3) is 2.42. The third-order valence-electron chi connectivity index (χ3n) is 0.902. The predicted molar refractivity (Wildman–Crippen MR) is 47.9 cm³/mol. The molecule has 1 heterocycles. The van der Waals surface area contributed by atoms with E-state index in [1.807, 2.05) is 5.38 Å². The zero-order valence-electron chi connectivity index (χ0n) is 5.84. The molecule has 10 heavy (non-hydrogen) atoms. The first kappa shape index (κ1) is 8.26. The lowest BCUT2D eigenvalue weighted by atomic mass is 11.0. The van der Waals surface area contributed by atoms with Crippen LogP contribution in [0.3, 0.4) is 0 Å². The van der Waals surface area contributed by atoms with Crippen molar-refractivity contribution in [2.24, 2.45) is 0 Å². The molecule has 0 spiro atoms. The summed E-state index contributed by atoms with van der Waals surface area (Å²) in [5.41, 5.74) is 0. The minimum absolute atomic E-state index is 0.0796. The number of nitrogens with zero attached hydrogens (tertiary/aromatic N) is 1. The highest BCUT2D eigenvalue weighted by atomic mass is 32.1. The number of carbonyl (C=O) groups is 1. The molecule has 0 bridgehead atoms. The van der Waals surface area contributed by atoms with Gasteiger partial charge in [-0.25, -0.2) is 4.98 Å². The third-order valence-corrected chi connectivity index (χ3v) is 2.96. The van der Waals surface area contributed by atoms with Crippen molar-refractivity contribution in [3.63, 3.8) is 0 Å². The van der Waals surface area contributed by atoms with Crippen LogP contribution in [0.4, 0.5) is 9.93 Å². The Morgan fingerprint density at radius 3 is 2.90 bits per heavy atom. The summed E-state index contributed by atoms with van der Waals surface area (Å²) in [5.74, 6) is 0. The Labute approximate surface area is 78.7 Å². The van der Waals surface area contributed by atoms with E-state index in [0.29, 0.717) is 16.3 Å². The van der Waals surface area contributed by atoms with E-state index in [4.69, 9.17) is 0 Å². The van der Waals surface area contributed by atoms with Gasteiger partial charge in [0, 0.05) is 0 Å². The first-order valence-electron chi connectivity index (χ1n) is 2.88. The topological polar surface area (TPSA) is 42.0 Å². The second-order valence-electron chi connectivity index (χ2n) is 1.98. The molecule has 0 unspecified atom stereocenters. The molecule has 1 N–H and O–H groups in total. The summed E-state index contributed by atoms with van der Waals surface area (Å²) in [6.45, 7) is 0. The Kier molecular flexibility index (Phi) is 2.91. The molecule has 6 heteroatoms. The van der Waals surface area contributed by atoms with Crippen molar-refractivity contribution in [3.05, 3.63) is 5.38 Å². The molecule has 0 atom stereocenters. The Balaban J connectivity index is 2.67. The Morgan fingerprint density at radius 2 is 2.50 bits per heavy atom. The SMILES string of the molecule is O=[C]([AlH2])Nc1n[c]([AlH2])cs1. The number of nitrogens with one attached hydrogen (secondary N) is 1.